The van der Waals surface area contributed by atoms with E-state index < -0.39 is 0 Å². The van der Waals surface area contributed by atoms with Crippen LogP contribution in [0.15, 0.2) is 35.7 Å². The molecule has 2 amide bonds. The van der Waals surface area contributed by atoms with Crippen molar-refractivity contribution in [1.82, 2.24) is 14.8 Å². The first-order valence-electron chi connectivity index (χ1n) is 8.87. The molecular weight excluding hydrogens is 362 g/mol. The van der Waals surface area contributed by atoms with E-state index in [0.717, 1.165) is 22.0 Å². The lowest BCUT2D eigenvalue weighted by molar-refractivity contribution is -0.135. The number of carbonyl (C=O) groups is 2. The minimum Gasteiger partial charge on any atom is -0.487 e. The van der Waals surface area contributed by atoms with Gasteiger partial charge in [-0.25, -0.2) is 4.98 Å². The molecule has 3 rings (SSSR count). The van der Waals surface area contributed by atoms with Gasteiger partial charge in [0.15, 0.2) is 0 Å². The summed E-state index contributed by atoms with van der Waals surface area (Å²) in [6, 6.07) is 7.62. The number of carbonyl (C=O) groups excluding carboxylic acids is 2. The second-order valence-corrected chi connectivity index (χ2v) is 7.45. The fraction of sp³-hybridized carbons (Fsp3) is 0.350. The average Bonchev–Trinajstić information content (AvgIpc) is 3.10. The number of rotatable bonds is 5. The van der Waals surface area contributed by atoms with E-state index in [1.54, 1.807) is 40.2 Å². The summed E-state index contributed by atoms with van der Waals surface area (Å²) in [6.07, 6.45) is 3.37. The third kappa shape index (κ3) is 5.40. The summed E-state index contributed by atoms with van der Waals surface area (Å²) in [4.78, 5) is 31.6. The van der Waals surface area contributed by atoms with E-state index in [2.05, 4.69) is 4.98 Å². The average molecular weight is 385 g/mol. The Hall–Kier alpha value is -2.67. The summed E-state index contributed by atoms with van der Waals surface area (Å²) in [5, 5.41) is 3.01. The van der Waals surface area contributed by atoms with Crippen LogP contribution >= 0.6 is 11.3 Å². The topological polar surface area (TPSA) is 62.7 Å². The van der Waals surface area contributed by atoms with Gasteiger partial charge in [-0.2, -0.15) is 0 Å². The lowest BCUT2D eigenvalue weighted by atomic mass is 10.2. The Morgan fingerprint density at radius 2 is 1.96 bits per heavy atom. The van der Waals surface area contributed by atoms with Crippen LogP contribution in [0.2, 0.25) is 0 Å². The zero-order chi connectivity index (χ0) is 19.2. The van der Waals surface area contributed by atoms with E-state index in [-0.39, 0.29) is 11.8 Å². The first-order chi connectivity index (χ1) is 13.0. The van der Waals surface area contributed by atoms with Gasteiger partial charge in [-0.3, -0.25) is 9.59 Å². The van der Waals surface area contributed by atoms with Crippen molar-refractivity contribution in [3.63, 3.8) is 0 Å². The first-order valence-corrected chi connectivity index (χ1v) is 9.75. The number of nitrogens with zero attached hydrogens (tertiary/aromatic N) is 3. The molecule has 0 N–H and O–H groups in total. The minimum atomic E-state index is -0.0394. The standard InChI is InChI=1S/C20H23N3O3S/c1-15-21-18(14-27-15)13-26-19-5-3-4-17(12-19)6-7-20(25)23-10-8-22(9-11-23)16(2)24/h3-7,12,14H,8-11,13H2,1-2H3/b7-6+. The van der Waals surface area contributed by atoms with E-state index in [1.165, 1.54) is 0 Å². The lowest BCUT2D eigenvalue weighted by Crippen LogP contribution is -2.49. The van der Waals surface area contributed by atoms with Gasteiger partial charge in [0, 0.05) is 44.6 Å². The summed E-state index contributed by atoms with van der Waals surface area (Å²) in [5.41, 5.74) is 1.82. The zero-order valence-corrected chi connectivity index (χ0v) is 16.4. The summed E-state index contributed by atoms with van der Waals surface area (Å²) in [5.74, 6) is 0.759. The summed E-state index contributed by atoms with van der Waals surface area (Å²) < 4.78 is 5.78. The number of hydrogen-bond donors (Lipinski definition) is 0. The second kappa shape index (κ2) is 8.81. The lowest BCUT2D eigenvalue weighted by Gasteiger charge is -2.33. The van der Waals surface area contributed by atoms with Crippen LogP contribution in [0.5, 0.6) is 5.75 Å². The number of benzene rings is 1. The van der Waals surface area contributed by atoms with Crippen molar-refractivity contribution in [2.24, 2.45) is 0 Å². The molecule has 1 saturated heterocycles. The molecule has 0 saturated carbocycles. The van der Waals surface area contributed by atoms with Crippen molar-refractivity contribution >= 4 is 29.2 Å². The van der Waals surface area contributed by atoms with Crippen LogP contribution in [0.25, 0.3) is 6.08 Å². The highest BCUT2D eigenvalue weighted by Gasteiger charge is 2.20. The van der Waals surface area contributed by atoms with Crippen molar-refractivity contribution in [3.05, 3.63) is 52.0 Å². The SMILES string of the molecule is CC(=O)N1CCN(C(=O)/C=C/c2cccc(OCc3csc(C)n3)c2)CC1. The van der Waals surface area contributed by atoms with Crippen LogP contribution in [-0.2, 0) is 16.2 Å². The van der Waals surface area contributed by atoms with Gasteiger partial charge >= 0.3 is 0 Å². The highest BCUT2D eigenvalue weighted by molar-refractivity contribution is 7.09. The Morgan fingerprint density at radius 3 is 2.63 bits per heavy atom. The molecule has 0 bridgehead atoms. The van der Waals surface area contributed by atoms with Crippen molar-refractivity contribution in [2.45, 2.75) is 20.5 Å². The zero-order valence-electron chi connectivity index (χ0n) is 15.6. The normalized spacial score (nSPS) is 14.6. The molecular formula is C20H23N3O3S. The predicted octanol–water partition coefficient (Wildman–Crippen LogP) is 2.73. The number of hydrogen-bond acceptors (Lipinski definition) is 5. The van der Waals surface area contributed by atoms with Crippen LogP contribution in [-0.4, -0.2) is 52.8 Å². The Balaban J connectivity index is 1.54. The molecule has 7 heteroatoms. The fourth-order valence-corrected chi connectivity index (χ4v) is 3.45. The smallest absolute Gasteiger partial charge is 0.246 e. The Morgan fingerprint density at radius 1 is 1.22 bits per heavy atom. The molecule has 1 aromatic heterocycles. The molecule has 27 heavy (non-hydrogen) atoms. The van der Waals surface area contributed by atoms with Crippen LogP contribution in [0.4, 0.5) is 0 Å². The Bertz CT molecular complexity index is 839. The third-order valence-corrected chi connectivity index (χ3v) is 5.19. The molecule has 2 aromatic rings. The van der Waals surface area contributed by atoms with Crippen molar-refractivity contribution in [2.75, 3.05) is 26.2 Å². The van der Waals surface area contributed by atoms with E-state index in [1.807, 2.05) is 36.6 Å². The third-order valence-electron chi connectivity index (χ3n) is 4.37. The van der Waals surface area contributed by atoms with E-state index in [0.29, 0.717) is 32.8 Å². The highest BCUT2D eigenvalue weighted by atomic mass is 32.1. The molecule has 1 aliphatic rings. The van der Waals surface area contributed by atoms with Crippen molar-refractivity contribution in [3.8, 4) is 5.75 Å². The highest BCUT2D eigenvalue weighted by Crippen LogP contribution is 2.17. The summed E-state index contributed by atoms with van der Waals surface area (Å²) in [7, 11) is 0. The fourth-order valence-electron chi connectivity index (χ4n) is 2.85. The second-order valence-electron chi connectivity index (χ2n) is 6.38. The molecule has 0 radical (unpaired) electrons. The molecule has 1 fully saturated rings. The molecule has 2 heterocycles. The number of ether oxygens (including phenoxy) is 1. The number of aryl methyl sites for hydroxylation is 1. The minimum absolute atomic E-state index is 0.0394. The number of piperazine rings is 1. The Labute approximate surface area is 163 Å². The monoisotopic (exact) mass is 385 g/mol. The number of thiazole rings is 1. The van der Waals surface area contributed by atoms with Crippen LogP contribution in [0, 0.1) is 6.92 Å². The van der Waals surface area contributed by atoms with Gasteiger partial charge in [0.2, 0.25) is 11.8 Å². The van der Waals surface area contributed by atoms with Crippen molar-refractivity contribution < 1.29 is 14.3 Å². The molecule has 6 nitrogen and oxygen atoms in total. The van der Waals surface area contributed by atoms with E-state index in [9.17, 15) is 9.59 Å². The van der Waals surface area contributed by atoms with Gasteiger partial charge in [-0.05, 0) is 30.7 Å². The molecule has 142 valence electrons. The maximum atomic E-state index is 12.3. The molecule has 0 spiro atoms. The largest absolute Gasteiger partial charge is 0.487 e. The van der Waals surface area contributed by atoms with Crippen LogP contribution < -0.4 is 4.74 Å². The van der Waals surface area contributed by atoms with E-state index >= 15 is 0 Å². The Kier molecular flexibility index (Phi) is 6.24. The van der Waals surface area contributed by atoms with Gasteiger partial charge < -0.3 is 14.5 Å². The maximum absolute atomic E-state index is 12.3. The van der Waals surface area contributed by atoms with Gasteiger partial charge in [0.1, 0.15) is 12.4 Å². The summed E-state index contributed by atoms with van der Waals surface area (Å²) in [6.45, 7) is 6.27. The van der Waals surface area contributed by atoms with Gasteiger partial charge in [-0.1, -0.05) is 12.1 Å². The molecule has 0 atom stereocenters. The molecule has 1 aliphatic heterocycles. The van der Waals surface area contributed by atoms with Gasteiger partial charge in [-0.15, -0.1) is 11.3 Å². The molecule has 1 aromatic carbocycles. The number of amides is 2. The molecule has 0 aliphatic carbocycles. The van der Waals surface area contributed by atoms with Crippen LogP contribution in [0.1, 0.15) is 23.2 Å². The van der Waals surface area contributed by atoms with Gasteiger partial charge in [0.25, 0.3) is 0 Å². The maximum Gasteiger partial charge on any atom is 0.246 e. The van der Waals surface area contributed by atoms with E-state index in [4.69, 9.17) is 4.74 Å². The molecule has 0 unspecified atom stereocenters. The van der Waals surface area contributed by atoms with Crippen LogP contribution in [0.3, 0.4) is 0 Å². The predicted molar refractivity (Wildman–Crippen MR) is 105 cm³/mol. The number of aromatic nitrogens is 1. The summed E-state index contributed by atoms with van der Waals surface area (Å²) >= 11 is 1.60. The van der Waals surface area contributed by atoms with Crippen molar-refractivity contribution in [1.29, 1.82) is 0 Å². The first kappa shape index (κ1) is 19.1. The van der Waals surface area contributed by atoms with Gasteiger partial charge in [0.05, 0.1) is 10.7 Å². The quantitative estimate of drug-likeness (QED) is 0.743.